The summed E-state index contributed by atoms with van der Waals surface area (Å²) in [6.45, 7) is 1.73. The number of aromatic nitrogens is 2. The van der Waals surface area contributed by atoms with Gasteiger partial charge in [-0.3, -0.25) is 23.2 Å². The van der Waals surface area contributed by atoms with Crippen LogP contribution in [0.4, 0.5) is 5.82 Å². The van der Waals surface area contributed by atoms with E-state index >= 15 is 0 Å². The first-order valence-corrected chi connectivity index (χ1v) is 28.5. The van der Waals surface area contributed by atoms with Gasteiger partial charge in [-0.15, -0.1) is 0 Å². The molecule has 1 aliphatic heterocycles. The number of esters is 2. The van der Waals surface area contributed by atoms with Crippen LogP contribution in [0.3, 0.4) is 0 Å². The Labute approximate surface area is 425 Å². The maximum atomic E-state index is 12.9. The number of nitrogen functional groups attached to an aromatic ring is 1. The molecule has 0 spiro atoms. The Bertz CT molecular complexity index is 1980. The van der Waals surface area contributed by atoms with Crippen LogP contribution in [0, 0.1) is 0 Å². The molecular weight excluding hydrogens is 977 g/mol. The number of aliphatic hydroxyl groups is 4. The van der Waals surface area contributed by atoms with Crippen LogP contribution in [0.25, 0.3) is 0 Å². The van der Waals surface area contributed by atoms with E-state index in [-0.39, 0.29) is 37.9 Å². The van der Waals surface area contributed by atoms with Crippen LogP contribution in [-0.2, 0) is 46.3 Å². The lowest BCUT2D eigenvalue weighted by Crippen LogP contribution is -2.36. The van der Waals surface area contributed by atoms with Crippen molar-refractivity contribution in [2.45, 2.75) is 198 Å². The van der Waals surface area contributed by atoms with Gasteiger partial charge in [-0.25, -0.2) is 13.9 Å². The molecule has 72 heavy (non-hydrogen) atoms. The SMILES string of the molecule is CC/C=C\C/C=C\C/C=C\C/C=C\C[C@H](O)[C@@H](O)CCCC(=O)OC[C@H](COP(=O)(O)OP(=O)(O)OC[C@H]1O[C@@H](n2ccc(N)nc2=O)[C@H](O)[C@@H]1O)OC(=O)CCCCCCCCC/C=C\CCCCCC. The summed E-state index contributed by atoms with van der Waals surface area (Å²) in [6, 6.07) is 1.23. The van der Waals surface area contributed by atoms with Gasteiger partial charge < -0.3 is 50.2 Å². The summed E-state index contributed by atoms with van der Waals surface area (Å²) in [7, 11) is -11.0. The third kappa shape index (κ3) is 29.9. The second kappa shape index (κ2) is 38.0. The average Bonchev–Trinajstić information content (AvgIpc) is 3.61. The Morgan fingerprint density at radius 3 is 1.93 bits per heavy atom. The standard InChI is InChI=1S/C50H83N3O17P2/c1-3-5-7-9-11-13-15-17-18-19-21-23-25-27-29-33-46(57)68-40(37-65-45(56)34-30-32-42(55)41(54)31-28-26-24-22-20-16-14-12-10-8-6-4-2)38-66-71(61,62)70-72(63,64)67-39-43-47(58)48(59)49(69-43)53-36-35-44(51)52-50(53)60/h6,8,12-15,20,22,26,28,35-36,40-43,47-49,54-55,58-59H,3-5,7,9-11,16-19,21,23-25,27,29-34,37-39H2,1-2H3,(H,61,62)(H,63,64)(H2,51,52,60)/b8-6-,14-12-,15-13-,22-20-,28-26-/t40-,41+,42+,43-,47-,48-,49-/m1/s1. The van der Waals surface area contributed by atoms with Crippen LogP contribution < -0.4 is 11.4 Å². The molecule has 0 aromatic carbocycles. The van der Waals surface area contributed by atoms with Gasteiger partial charge in [0.15, 0.2) is 12.3 Å². The molecule has 22 heteroatoms. The second-order valence-electron chi connectivity index (χ2n) is 17.6. The molecule has 1 fully saturated rings. The number of phosphoric acid groups is 2. The fourth-order valence-electron chi connectivity index (χ4n) is 7.22. The molecule has 0 bridgehead atoms. The van der Waals surface area contributed by atoms with Gasteiger partial charge in [-0.2, -0.15) is 9.29 Å². The minimum atomic E-state index is -5.49. The van der Waals surface area contributed by atoms with Crippen LogP contribution in [-0.4, -0.2) is 108 Å². The molecule has 1 aliphatic rings. The number of ether oxygens (including phenoxy) is 3. The summed E-state index contributed by atoms with van der Waals surface area (Å²) in [5.74, 6) is -1.61. The van der Waals surface area contributed by atoms with E-state index in [4.69, 9.17) is 29.0 Å². The molecule has 1 aromatic heterocycles. The zero-order chi connectivity index (χ0) is 53.0. The molecule has 0 saturated carbocycles. The van der Waals surface area contributed by atoms with Gasteiger partial charge in [0, 0.05) is 19.0 Å². The fraction of sp³-hybridized carbons (Fsp3) is 0.680. The number of carbonyl (C=O) groups is 2. The molecule has 20 nitrogen and oxygen atoms in total. The van der Waals surface area contributed by atoms with E-state index < -0.39 is 95.9 Å². The first-order valence-electron chi connectivity index (χ1n) is 25.5. The summed E-state index contributed by atoms with van der Waals surface area (Å²) >= 11 is 0. The quantitative estimate of drug-likeness (QED) is 0.0140. The van der Waals surface area contributed by atoms with E-state index in [1.165, 1.54) is 31.7 Å². The fourth-order valence-corrected chi connectivity index (χ4v) is 9.33. The average molecular weight is 1060 g/mol. The van der Waals surface area contributed by atoms with Crippen molar-refractivity contribution in [3.05, 3.63) is 83.5 Å². The Balaban J connectivity index is 1.87. The van der Waals surface area contributed by atoms with Crippen LogP contribution in [0.2, 0.25) is 0 Å². The van der Waals surface area contributed by atoms with Crippen molar-refractivity contribution in [3.8, 4) is 0 Å². The number of phosphoric ester groups is 2. The molecule has 0 radical (unpaired) electrons. The molecule has 0 amide bonds. The number of allylic oxidation sites excluding steroid dienone is 9. The topological polar surface area (TPSA) is 306 Å². The molecular formula is C50H83N3O17P2. The Hall–Kier alpha value is -3.62. The van der Waals surface area contributed by atoms with Crippen LogP contribution >= 0.6 is 15.6 Å². The molecule has 2 heterocycles. The highest BCUT2D eigenvalue weighted by Gasteiger charge is 2.46. The zero-order valence-electron chi connectivity index (χ0n) is 42.2. The predicted octanol–water partition coefficient (Wildman–Crippen LogP) is 8.28. The molecule has 2 rings (SSSR count). The summed E-state index contributed by atoms with van der Waals surface area (Å²) in [5, 5.41) is 41.8. The first-order chi connectivity index (χ1) is 34.5. The maximum Gasteiger partial charge on any atom is 0.481 e. The molecule has 0 aliphatic carbocycles. The maximum absolute atomic E-state index is 12.9. The highest BCUT2D eigenvalue weighted by atomic mass is 31.3. The summed E-state index contributed by atoms with van der Waals surface area (Å²) in [5.41, 5.74) is 4.56. The molecule has 2 unspecified atom stereocenters. The Morgan fingerprint density at radius 1 is 0.736 bits per heavy atom. The lowest BCUT2D eigenvalue weighted by Gasteiger charge is -2.21. The van der Waals surface area contributed by atoms with Crippen molar-refractivity contribution >= 4 is 33.4 Å². The van der Waals surface area contributed by atoms with Gasteiger partial charge >= 0.3 is 33.3 Å². The van der Waals surface area contributed by atoms with E-state index in [2.05, 4.69) is 59.6 Å². The van der Waals surface area contributed by atoms with Gasteiger partial charge in [-0.1, -0.05) is 126 Å². The Kier molecular flexibility index (Phi) is 34.0. The summed E-state index contributed by atoms with van der Waals surface area (Å²) < 4.78 is 56.5. The molecule has 410 valence electrons. The third-order valence-electron chi connectivity index (χ3n) is 11.3. The second-order valence-corrected chi connectivity index (χ2v) is 20.6. The molecule has 9 atom stereocenters. The van der Waals surface area contributed by atoms with Gasteiger partial charge in [0.2, 0.25) is 0 Å². The minimum Gasteiger partial charge on any atom is -0.462 e. The molecule has 1 saturated heterocycles. The number of rotatable bonds is 41. The first kappa shape index (κ1) is 64.5. The highest BCUT2D eigenvalue weighted by molar-refractivity contribution is 7.61. The number of nitrogens with zero attached hydrogens (tertiary/aromatic N) is 2. The van der Waals surface area contributed by atoms with Gasteiger partial charge in [0.1, 0.15) is 30.7 Å². The van der Waals surface area contributed by atoms with E-state index in [1.54, 1.807) is 6.08 Å². The van der Waals surface area contributed by atoms with Crippen molar-refractivity contribution in [2.24, 2.45) is 0 Å². The molecule has 1 aromatic rings. The minimum absolute atomic E-state index is 0.0181. The largest absolute Gasteiger partial charge is 0.481 e. The number of unbranched alkanes of at least 4 members (excludes halogenated alkanes) is 11. The van der Waals surface area contributed by atoms with Gasteiger partial charge in [0.25, 0.3) is 0 Å². The zero-order valence-corrected chi connectivity index (χ0v) is 44.0. The van der Waals surface area contributed by atoms with Crippen LogP contribution in [0.1, 0.15) is 161 Å². The number of anilines is 1. The van der Waals surface area contributed by atoms with Crippen molar-refractivity contribution in [1.29, 1.82) is 0 Å². The van der Waals surface area contributed by atoms with Crippen molar-refractivity contribution in [1.82, 2.24) is 9.55 Å². The number of nitrogens with two attached hydrogens (primary N) is 1. The van der Waals surface area contributed by atoms with Crippen LogP contribution in [0.15, 0.2) is 77.8 Å². The van der Waals surface area contributed by atoms with Crippen molar-refractivity contribution < 1.29 is 76.5 Å². The lowest BCUT2D eigenvalue weighted by atomic mass is 10.0. The van der Waals surface area contributed by atoms with E-state index in [1.807, 2.05) is 18.2 Å². The summed E-state index contributed by atoms with van der Waals surface area (Å²) in [6.07, 6.45) is 28.9. The van der Waals surface area contributed by atoms with Gasteiger partial charge in [-0.05, 0) is 83.1 Å². The van der Waals surface area contributed by atoms with E-state index in [0.29, 0.717) is 12.8 Å². The molecule has 8 N–H and O–H groups in total. The predicted molar refractivity (Wildman–Crippen MR) is 273 cm³/mol. The van der Waals surface area contributed by atoms with Crippen LogP contribution in [0.5, 0.6) is 0 Å². The van der Waals surface area contributed by atoms with Crippen molar-refractivity contribution in [2.75, 3.05) is 25.6 Å². The number of aliphatic hydroxyl groups excluding tert-OH is 4. The highest BCUT2D eigenvalue weighted by Crippen LogP contribution is 2.60. The van der Waals surface area contributed by atoms with Crippen molar-refractivity contribution in [3.63, 3.8) is 0 Å². The monoisotopic (exact) mass is 1060 g/mol. The number of hydrogen-bond donors (Lipinski definition) is 7. The third-order valence-corrected chi connectivity index (χ3v) is 13.9. The smallest absolute Gasteiger partial charge is 0.462 e. The number of hydrogen-bond acceptors (Lipinski definition) is 17. The van der Waals surface area contributed by atoms with E-state index in [9.17, 15) is 53.7 Å². The Morgan fingerprint density at radius 2 is 1.31 bits per heavy atom. The number of carbonyl (C=O) groups excluding carboxylic acids is 2. The van der Waals surface area contributed by atoms with Gasteiger partial charge in [0.05, 0.1) is 25.4 Å². The lowest BCUT2D eigenvalue weighted by molar-refractivity contribution is -0.161. The van der Waals surface area contributed by atoms with E-state index in [0.717, 1.165) is 81.4 Å². The summed E-state index contributed by atoms with van der Waals surface area (Å²) in [4.78, 5) is 62.0. The normalized spacial score (nSPS) is 20.4.